The Bertz CT molecular complexity index is 699. The molecular formula is C23H34FN3O. The maximum atomic E-state index is 13.8. The van der Waals surface area contributed by atoms with Crippen LogP contribution in [0, 0.1) is 11.7 Å². The van der Waals surface area contributed by atoms with E-state index in [1.54, 1.807) is 12.1 Å². The lowest BCUT2D eigenvalue weighted by atomic mass is 9.89. The largest absolute Gasteiger partial charge is 0.363 e. The minimum Gasteiger partial charge on any atom is -0.363 e. The van der Waals surface area contributed by atoms with Gasteiger partial charge in [-0.05, 0) is 76.7 Å². The van der Waals surface area contributed by atoms with Gasteiger partial charge in [0.25, 0.3) is 0 Å². The van der Waals surface area contributed by atoms with Crippen LogP contribution >= 0.6 is 0 Å². The molecule has 0 N–H and O–H groups in total. The molecule has 3 aliphatic heterocycles. The Kier molecular flexibility index (Phi) is 5.64. The third-order valence-corrected chi connectivity index (χ3v) is 6.94. The number of likely N-dealkylation sites (tertiary alicyclic amines) is 2. The molecule has 5 heteroatoms. The summed E-state index contributed by atoms with van der Waals surface area (Å²) in [7, 11) is 0. The van der Waals surface area contributed by atoms with Gasteiger partial charge in [0.1, 0.15) is 5.82 Å². The standard InChI is InChI=1S/C23H34FN3O/c1-23(2)15-18-16-26(22(28)17-25-11-5-3-4-6-12-25)13-10-21(18)27(23)20-9-7-8-19(24)14-20/h7-9,14,18,21H,3-6,10-13,15-17H2,1-2H3/t18-,21+/m1/s1. The van der Waals surface area contributed by atoms with Crippen molar-refractivity contribution in [1.82, 2.24) is 9.80 Å². The van der Waals surface area contributed by atoms with Crippen molar-refractivity contribution in [3.63, 3.8) is 0 Å². The third-order valence-electron chi connectivity index (χ3n) is 6.94. The molecule has 0 radical (unpaired) electrons. The van der Waals surface area contributed by atoms with Crippen molar-refractivity contribution in [2.45, 2.75) is 64.0 Å². The van der Waals surface area contributed by atoms with Crippen molar-refractivity contribution in [1.29, 1.82) is 0 Å². The SMILES string of the molecule is CC1(C)C[C@@H]2CN(C(=O)CN3CCCCCC3)CC[C@@H]2N1c1cccc(F)c1. The molecule has 4 rings (SSSR count). The number of rotatable bonds is 3. The van der Waals surface area contributed by atoms with Crippen LogP contribution in [0.25, 0.3) is 0 Å². The molecular weight excluding hydrogens is 353 g/mol. The van der Waals surface area contributed by atoms with Gasteiger partial charge in [-0.15, -0.1) is 0 Å². The first-order valence-corrected chi connectivity index (χ1v) is 11.0. The predicted octanol–water partition coefficient (Wildman–Crippen LogP) is 3.91. The molecule has 0 aliphatic carbocycles. The highest BCUT2D eigenvalue weighted by molar-refractivity contribution is 5.78. The van der Waals surface area contributed by atoms with Crippen LogP contribution in [0.2, 0.25) is 0 Å². The van der Waals surface area contributed by atoms with Crippen LogP contribution in [0.4, 0.5) is 10.1 Å². The number of carbonyl (C=O) groups is 1. The van der Waals surface area contributed by atoms with Gasteiger partial charge in [-0.3, -0.25) is 9.69 Å². The molecule has 1 aromatic carbocycles. The Morgan fingerprint density at radius 2 is 1.89 bits per heavy atom. The number of nitrogens with zero attached hydrogens (tertiary/aromatic N) is 3. The van der Waals surface area contributed by atoms with Crippen LogP contribution < -0.4 is 4.90 Å². The number of amides is 1. The van der Waals surface area contributed by atoms with Gasteiger partial charge in [0.15, 0.2) is 0 Å². The smallest absolute Gasteiger partial charge is 0.236 e. The fourth-order valence-corrected chi connectivity index (χ4v) is 5.73. The number of fused-ring (bicyclic) bond motifs is 1. The topological polar surface area (TPSA) is 26.8 Å². The van der Waals surface area contributed by atoms with Crippen LogP contribution in [0.3, 0.4) is 0 Å². The zero-order chi connectivity index (χ0) is 19.7. The van der Waals surface area contributed by atoms with Gasteiger partial charge < -0.3 is 9.80 Å². The molecule has 0 spiro atoms. The number of hydrogen-bond acceptors (Lipinski definition) is 3. The van der Waals surface area contributed by atoms with Gasteiger partial charge in [0.05, 0.1) is 6.54 Å². The lowest BCUT2D eigenvalue weighted by Gasteiger charge is -2.42. The van der Waals surface area contributed by atoms with Crippen LogP contribution in [0.1, 0.15) is 52.4 Å². The molecule has 0 aromatic heterocycles. The van der Waals surface area contributed by atoms with Crippen molar-refractivity contribution >= 4 is 11.6 Å². The molecule has 3 fully saturated rings. The van der Waals surface area contributed by atoms with E-state index in [4.69, 9.17) is 0 Å². The van der Waals surface area contributed by atoms with Gasteiger partial charge in [0.2, 0.25) is 5.91 Å². The minimum absolute atomic E-state index is 0.0209. The number of piperidine rings is 1. The van der Waals surface area contributed by atoms with Crippen LogP contribution in [-0.4, -0.2) is 60.0 Å². The number of hydrogen-bond donors (Lipinski definition) is 0. The summed E-state index contributed by atoms with van der Waals surface area (Å²) >= 11 is 0. The molecule has 0 bridgehead atoms. The number of benzene rings is 1. The Morgan fingerprint density at radius 3 is 2.61 bits per heavy atom. The Morgan fingerprint density at radius 1 is 1.14 bits per heavy atom. The second kappa shape index (κ2) is 8.02. The highest BCUT2D eigenvalue weighted by Crippen LogP contribution is 2.44. The first-order valence-electron chi connectivity index (χ1n) is 11.0. The van der Waals surface area contributed by atoms with E-state index in [0.717, 1.165) is 44.7 Å². The van der Waals surface area contributed by atoms with Gasteiger partial charge in [-0.1, -0.05) is 18.9 Å². The van der Waals surface area contributed by atoms with E-state index >= 15 is 0 Å². The Hall–Kier alpha value is -1.62. The van der Waals surface area contributed by atoms with Crippen molar-refractivity contribution in [2.75, 3.05) is 37.6 Å². The van der Waals surface area contributed by atoms with Gasteiger partial charge in [0, 0.05) is 30.4 Å². The van der Waals surface area contributed by atoms with E-state index in [1.807, 2.05) is 6.07 Å². The van der Waals surface area contributed by atoms with Crippen molar-refractivity contribution in [3.8, 4) is 0 Å². The summed E-state index contributed by atoms with van der Waals surface area (Å²) in [5.74, 6) is 0.573. The van der Waals surface area contributed by atoms with E-state index in [-0.39, 0.29) is 11.4 Å². The van der Waals surface area contributed by atoms with Crippen LogP contribution in [0.15, 0.2) is 24.3 Å². The van der Waals surface area contributed by atoms with Gasteiger partial charge in [-0.2, -0.15) is 0 Å². The number of anilines is 1. The molecule has 2 atom stereocenters. The predicted molar refractivity (Wildman–Crippen MR) is 111 cm³/mol. The highest BCUT2D eigenvalue weighted by Gasteiger charge is 2.48. The molecule has 1 aromatic rings. The first-order chi connectivity index (χ1) is 13.4. The summed E-state index contributed by atoms with van der Waals surface area (Å²) in [6, 6.07) is 7.37. The highest BCUT2D eigenvalue weighted by atomic mass is 19.1. The molecule has 4 nitrogen and oxygen atoms in total. The van der Waals surface area contributed by atoms with E-state index in [9.17, 15) is 9.18 Å². The second-order valence-corrected chi connectivity index (χ2v) is 9.51. The molecule has 0 saturated carbocycles. The quantitative estimate of drug-likeness (QED) is 0.787. The van der Waals surface area contributed by atoms with Crippen molar-refractivity contribution in [2.24, 2.45) is 5.92 Å². The Labute approximate surface area is 168 Å². The van der Waals surface area contributed by atoms with E-state index in [2.05, 4.69) is 28.5 Å². The summed E-state index contributed by atoms with van der Waals surface area (Å²) in [5.41, 5.74) is 0.953. The average Bonchev–Trinajstić information content (AvgIpc) is 2.78. The summed E-state index contributed by atoms with van der Waals surface area (Å²) in [5, 5.41) is 0. The molecule has 3 heterocycles. The lowest BCUT2D eigenvalue weighted by molar-refractivity contribution is -0.134. The summed E-state index contributed by atoms with van der Waals surface area (Å²) in [6.07, 6.45) is 7.04. The summed E-state index contributed by atoms with van der Waals surface area (Å²) in [4.78, 5) is 19.8. The van der Waals surface area contributed by atoms with Crippen molar-refractivity contribution in [3.05, 3.63) is 30.1 Å². The fourth-order valence-electron chi connectivity index (χ4n) is 5.73. The second-order valence-electron chi connectivity index (χ2n) is 9.51. The molecule has 3 aliphatic rings. The normalized spacial score (nSPS) is 28.1. The molecule has 3 saturated heterocycles. The third kappa shape index (κ3) is 4.05. The molecule has 28 heavy (non-hydrogen) atoms. The average molecular weight is 388 g/mol. The zero-order valence-corrected chi connectivity index (χ0v) is 17.4. The zero-order valence-electron chi connectivity index (χ0n) is 17.4. The lowest BCUT2D eigenvalue weighted by Crippen LogP contribution is -2.52. The number of halogens is 1. The Balaban J connectivity index is 1.42. The summed E-state index contributed by atoms with van der Waals surface area (Å²) in [6.45, 7) is 8.86. The van der Waals surface area contributed by atoms with Crippen LogP contribution in [0.5, 0.6) is 0 Å². The van der Waals surface area contributed by atoms with E-state index in [1.165, 1.54) is 31.7 Å². The maximum Gasteiger partial charge on any atom is 0.236 e. The first kappa shape index (κ1) is 19.7. The fraction of sp³-hybridized carbons (Fsp3) is 0.696. The van der Waals surface area contributed by atoms with Gasteiger partial charge >= 0.3 is 0 Å². The minimum atomic E-state index is -0.179. The summed E-state index contributed by atoms with van der Waals surface area (Å²) < 4.78 is 13.8. The number of carbonyl (C=O) groups excluding carboxylic acids is 1. The van der Waals surface area contributed by atoms with Crippen LogP contribution in [-0.2, 0) is 4.79 Å². The van der Waals surface area contributed by atoms with E-state index in [0.29, 0.717) is 24.4 Å². The molecule has 0 unspecified atom stereocenters. The molecule has 1 amide bonds. The van der Waals surface area contributed by atoms with Crippen molar-refractivity contribution < 1.29 is 9.18 Å². The van der Waals surface area contributed by atoms with E-state index < -0.39 is 0 Å². The van der Waals surface area contributed by atoms with Gasteiger partial charge in [-0.25, -0.2) is 4.39 Å². The maximum absolute atomic E-state index is 13.8. The molecule has 154 valence electrons. The monoisotopic (exact) mass is 387 g/mol.